The van der Waals surface area contributed by atoms with Gasteiger partial charge in [0.25, 0.3) is 5.91 Å². The van der Waals surface area contributed by atoms with Gasteiger partial charge in [-0.2, -0.15) is 0 Å². The van der Waals surface area contributed by atoms with Gasteiger partial charge in [0.15, 0.2) is 5.69 Å². The molecule has 3 N–H and O–H groups in total. The van der Waals surface area contributed by atoms with Crippen LogP contribution in [0.2, 0.25) is 0 Å². The molecule has 1 aromatic rings. The summed E-state index contributed by atoms with van der Waals surface area (Å²) in [5, 5.41) is 28.9. The molecule has 1 saturated carbocycles. The van der Waals surface area contributed by atoms with E-state index in [0.717, 1.165) is 32.2 Å². The monoisotopic (exact) mass is 365 g/mol. The van der Waals surface area contributed by atoms with Crippen molar-refractivity contribution in [1.82, 2.24) is 25.2 Å². The van der Waals surface area contributed by atoms with E-state index in [0.29, 0.717) is 19.4 Å². The first-order valence-corrected chi connectivity index (χ1v) is 9.36. The van der Waals surface area contributed by atoms with Crippen LogP contribution in [0.15, 0.2) is 6.20 Å². The Labute approximate surface area is 152 Å². The van der Waals surface area contributed by atoms with E-state index in [9.17, 15) is 14.7 Å². The van der Waals surface area contributed by atoms with Gasteiger partial charge in [0.05, 0.1) is 24.9 Å². The van der Waals surface area contributed by atoms with Gasteiger partial charge in [0.2, 0.25) is 5.91 Å². The summed E-state index contributed by atoms with van der Waals surface area (Å²) in [6.45, 7) is 1.36. The largest absolute Gasteiger partial charge is 0.395 e. The summed E-state index contributed by atoms with van der Waals surface area (Å²) in [7, 11) is 0. The number of aliphatic hydroxyl groups excluding tert-OH is 2. The van der Waals surface area contributed by atoms with E-state index in [4.69, 9.17) is 5.11 Å². The second kappa shape index (κ2) is 8.59. The van der Waals surface area contributed by atoms with Crippen LogP contribution in [0.3, 0.4) is 0 Å². The van der Waals surface area contributed by atoms with Crippen molar-refractivity contribution in [2.24, 2.45) is 5.92 Å². The summed E-state index contributed by atoms with van der Waals surface area (Å²) in [5.41, 5.74) is 0.211. The number of rotatable bonds is 5. The maximum atomic E-state index is 12.8. The van der Waals surface area contributed by atoms with Gasteiger partial charge in [-0.05, 0) is 38.5 Å². The molecule has 2 amide bonds. The van der Waals surface area contributed by atoms with Crippen LogP contribution in [0, 0.1) is 5.92 Å². The summed E-state index contributed by atoms with van der Waals surface area (Å²) in [6, 6.07) is 0.00812. The van der Waals surface area contributed by atoms with Gasteiger partial charge in [-0.1, -0.05) is 5.21 Å². The Morgan fingerprint density at radius 3 is 2.73 bits per heavy atom. The van der Waals surface area contributed by atoms with Crippen LogP contribution in [0.1, 0.15) is 55.1 Å². The van der Waals surface area contributed by atoms with Crippen LogP contribution in [0.5, 0.6) is 0 Å². The van der Waals surface area contributed by atoms with Crippen molar-refractivity contribution >= 4 is 11.8 Å². The second-order valence-electron chi connectivity index (χ2n) is 7.15. The van der Waals surface area contributed by atoms with Crippen LogP contribution in [-0.2, 0) is 4.79 Å². The summed E-state index contributed by atoms with van der Waals surface area (Å²) in [6.07, 6.45) is 6.00. The fourth-order valence-corrected chi connectivity index (χ4v) is 3.77. The van der Waals surface area contributed by atoms with Gasteiger partial charge in [0, 0.05) is 25.6 Å². The third kappa shape index (κ3) is 4.39. The highest BCUT2D eigenvalue weighted by molar-refractivity contribution is 5.91. The molecule has 0 bridgehead atoms. The van der Waals surface area contributed by atoms with Gasteiger partial charge in [-0.3, -0.25) is 9.59 Å². The number of aliphatic hydroxyl groups is 2. The molecule has 0 spiro atoms. The van der Waals surface area contributed by atoms with Crippen molar-refractivity contribution in [3.8, 4) is 0 Å². The first-order chi connectivity index (χ1) is 12.6. The molecule has 2 aliphatic rings. The summed E-state index contributed by atoms with van der Waals surface area (Å²) >= 11 is 0. The molecule has 26 heavy (non-hydrogen) atoms. The number of carbonyl (C=O) groups is 2. The number of hydrogen-bond donors (Lipinski definition) is 3. The molecule has 1 aliphatic carbocycles. The van der Waals surface area contributed by atoms with Gasteiger partial charge in [0.1, 0.15) is 0 Å². The molecule has 0 radical (unpaired) electrons. The molecule has 0 aromatic carbocycles. The van der Waals surface area contributed by atoms with Gasteiger partial charge >= 0.3 is 0 Å². The lowest BCUT2D eigenvalue weighted by atomic mass is 9.86. The lowest BCUT2D eigenvalue weighted by Gasteiger charge is -2.36. The molecule has 1 aromatic heterocycles. The highest BCUT2D eigenvalue weighted by atomic mass is 16.3. The van der Waals surface area contributed by atoms with E-state index in [1.165, 1.54) is 0 Å². The van der Waals surface area contributed by atoms with Gasteiger partial charge < -0.3 is 20.4 Å². The Kier molecular flexibility index (Phi) is 6.20. The first kappa shape index (κ1) is 18.8. The molecule has 1 aliphatic heterocycles. The van der Waals surface area contributed by atoms with E-state index in [-0.39, 0.29) is 48.7 Å². The smallest absolute Gasteiger partial charge is 0.273 e. The Morgan fingerprint density at radius 2 is 2.00 bits per heavy atom. The third-order valence-corrected chi connectivity index (χ3v) is 5.27. The summed E-state index contributed by atoms with van der Waals surface area (Å²) < 4.78 is 1.66. The number of hydrogen-bond acceptors (Lipinski definition) is 6. The molecule has 9 heteroatoms. The highest BCUT2D eigenvalue weighted by Crippen LogP contribution is 2.28. The maximum absolute atomic E-state index is 12.8. The number of carbonyl (C=O) groups excluding carboxylic acids is 2. The molecule has 2 heterocycles. The number of likely N-dealkylation sites (tertiary alicyclic amines) is 1. The lowest BCUT2D eigenvalue weighted by molar-refractivity contribution is -0.139. The Balaban J connectivity index is 1.59. The second-order valence-corrected chi connectivity index (χ2v) is 7.15. The van der Waals surface area contributed by atoms with Crippen LogP contribution < -0.4 is 5.32 Å². The van der Waals surface area contributed by atoms with Crippen molar-refractivity contribution in [2.45, 2.75) is 50.7 Å². The Hall–Kier alpha value is -2.00. The molecular formula is C17H27N5O4. The van der Waals surface area contributed by atoms with Gasteiger partial charge in [-0.15, -0.1) is 5.10 Å². The van der Waals surface area contributed by atoms with Crippen molar-refractivity contribution in [1.29, 1.82) is 0 Å². The van der Waals surface area contributed by atoms with Crippen LogP contribution in [0.4, 0.5) is 0 Å². The van der Waals surface area contributed by atoms with E-state index in [1.54, 1.807) is 10.9 Å². The molecule has 1 saturated heterocycles. The van der Waals surface area contributed by atoms with E-state index in [1.807, 2.05) is 4.90 Å². The van der Waals surface area contributed by atoms with Crippen molar-refractivity contribution < 1.29 is 19.8 Å². The maximum Gasteiger partial charge on any atom is 0.273 e. The quantitative estimate of drug-likeness (QED) is 0.660. The number of amides is 2. The van der Waals surface area contributed by atoms with E-state index < -0.39 is 0 Å². The summed E-state index contributed by atoms with van der Waals surface area (Å²) in [5.74, 6) is -0.190. The zero-order valence-electron chi connectivity index (χ0n) is 14.9. The third-order valence-electron chi connectivity index (χ3n) is 5.27. The number of piperidine rings is 1. The van der Waals surface area contributed by atoms with Crippen molar-refractivity contribution in [3.05, 3.63) is 11.9 Å². The fourth-order valence-electron chi connectivity index (χ4n) is 3.77. The fraction of sp³-hybridized carbons (Fsp3) is 0.765. The highest BCUT2D eigenvalue weighted by Gasteiger charge is 2.32. The van der Waals surface area contributed by atoms with E-state index in [2.05, 4.69) is 15.6 Å². The van der Waals surface area contributed by atoms with Crippen molar-refractivity contribution in [2.75, 3.05) is 26.2 Å². The minimum Gasteiger partial charge on any atom is -0.395 e. The summed E-state index contributed by atoms with van der Waals surface area (Å²) in [4.78, 5) is 26.6. The van der Waals surface area contributed by atoms with Crippen molar-refractivity contribution in [3.63, 3.8) is 0 Å². The van der Waals surface area contributed by atoms with Crippen LogP contribution in [0.25, 0.3) is 0 Å². The minimum absolute atomic E-state index is 0.00715. The SMILES string of the molecule is O=C(NCCO)c1cn([C@H]2CCCN(C(=O)C3CCC(O)CC3)C2)nn1. The van der Waals surface area contributed by atoms with Gasteiger partial charge in [-0.25, -0.2) is 4.68 Å². The predicted molar refractivity (Wildman–Crippen MR) is 92.3 cm³/mol. The number of aromatic nitrogens is 3. The first-order valence-electron chi connectivity index (χ1n) is 9.36. The van der Waals surface area contributed by atoms with Crippen LogP contribution >= 0.6 is 0 Å². The average molecular weight is 365 g/mol. The molecule has 2 fully saturated rings. The molecule has 9 nitrogen and oxygen atoms in total. The topological polar surface area (TPSA) is 121 Å². The zero-order valence-corrected chi connectivity index (χ0v) is 14.9. The normalized spacial score (nSPS) is 26.5. The number of nitrogens with one attached hydrogen (secondary N) is 1. The minimum atomic E-state index is -0.366. The molecule has 144 valence electrons. The molecule has 1 atom stereocenters. The molecular weight excluding hydrogens is 338 g/mol. The standard InChI is InChI=1S/C17H27N5O4/c23-9-7-18-16(25)15-11-22(20-19-15)13-2-1-8-21(10-13)17(26)12-3-5-14(24)6-4-12/h11-14,23-24H,1-10H2,(H,18,25)/t12?,13-,14?/m0/s1. The van der Waals surface area contributed by atoms with Crippen LogP contribution in [-0.4, -0.2) is 74.3 Å². The van der Waals surface area contributed by atoms with E-state index >= 15 is 0 Å². The Morgan fingerprint density at radius 1 is 1.23 bits per heavy atom. The molecule has 3 rings (SSSR count). The average Bonchev–Trinajstić information content (AvgIpc) is 3.16. The Bertz CT molecular complexity index is 626. The number of nitrogens with zero attached hydrogens (tertiary/aromatic N) is 4. The zero-order chi connectivity index (χ0) is 18.5. The predicted octanol–water partition coefficient (Wildman–Crippen LogP) is -0.285. The molecule has 0 unspecified atom stereocenters. The lowest BCUT2D eigenvalue weighted by Crippen LogP contribution is -2.44.